The Kier molecular flexibility index (Phi) is 5.17. The van der Waals surface area contributed by atoms with Crippen LogP contribution in [0, 0.1) is 5.92 Å². The highest BCUT2D eigenvalue weighted by Crippen LogP contribution is 2.29. The highest BCUT2D eigenvalue weighted by molar-refractivity contribution is 7.90. The van der Waals surface area contributed by atoms with Gasteiger partial charge < -0.3 is 10.2 Å². The molecule has 0 aromatic heterocycles. The lowest BCUT2D eigenvalue weighted by atomic mass is 9.96. The number of benzene rings is 2. The van der Waals surface area contributed by atoms with Crippen molar-refractivity contribution in [2.75, 3.05) is 19.6 Å². The summed E-state index contributed by atoms with van der Waals surface area (Å²) in [6.45, 7) is 1.79. The number of hydrogen-bond donors (Lipinski definition) is 1. The first-order chi connectivity index (χ1) is 13.5. The number of hydrogen-bond acceptors (Lipinski definition) is 4. The lowest BCUT2D eigenvalue weighted by Gasteiger charge is -2.33. The molecule has 28 heavy (non-hydrogen) atoms. The summed E-state index contributed by atoms with van der Waals surface area (Å²) in [5.41, 5.74) is 1.82. The van der Waals surface area contributed by atoms with E-state index in [0.717, 1.165) is 19.3 Å². The van der Waals surface area contributed by atoms with Crippen LogP contribution < -0.4 is 5.32 Å². The summed E-state index contributed by atoms with van der Waals surface area (Å²) >= 11 is 0. The van der Waals surface area contributed by atoms with E-state index in [-0.39, 0.29) is 16.7 Å². The van der Waals surface area contributed by atoms with Gasteiger partial charge in [0.1, 0.15) is 4.90 Å². The quantitative estimate of drug-likeness (QED) is 0.858. The Balaban J connectivity index is 1.40. The average molecular weight is 398 g/mol. The van der Waals surface area contributed by atoms with E-state index in [1.165, 1.54) is 5.56 Å². The highest BCUT2D eigenvalue weighted by atomic mass is 32.2. The smallest absolute Gasteiger partial charge is 0.285 e. The first-order valence-electron chi connectivity index (χ1n) is 9.55. The maximum Gasteiger partial charge on any atom is 0.285 e. The van der Waals surface area contributed by atoms with Crippen LogP contribution in [-0.4, -0.2) is 44.7 Å². The van der Waals surface area contributed by atoms with E-state index >= 15 is 0 Å². The minimum absolute atomic E-state index is 0.0235. The van der Waals surface area contributed by atoms with Gasteiger partial charge in [0.15, 0.2) is 5.84 Å². The molecular weight excluding hydrogens is 374 g/mol. The van der Waals surface area contributed by atoms with Crippen molar-refractivity contribution >= 4 is 21.8 Å². The average Bonchev–Trinajstić information content (AvgIpc) is 3.00. The molecule has 2 aromatic rings. The van der Waals surface area contributed by atoms with Gasteiger partial charge in [-0.15, -0.1) is 4.40 Å². The largest absolute Gasteiger partial charge is 0.355 e. The van der Waals surface area contributed by atoms with Crippen LogP contribution in [0.15, 0.2) is 63.9 Å². The number of carbonyl (C=O) groups is 1. The summed E-state index contributed by atoms with van der Waals surface area (Å²) in [7, 11) is -3.64. The number of rotatable bonds is 4. The second kappa shape index (κ2) is 7.75. The third-order valence-corrected chi connectivity index (χ3v) is 6.59. The first-order valence-corrected chi connectivity index (χ1v) is 11.0. The van der Waals surface area contributed by atoms with Gasteiger partial charge in [-0.25, -0.2) is 0 Å². The minimum Gasteiger partial charge on any atom is -0.355 e. The third kappa shape index (κ3) is 3.80. The molecule has 2 aliphatic rings. The molecule has 146 valence electrons. The van der Waals surface area contributed by atoms with Crippen molar-refractivity contribution < 1.29 is 13.2 Å². The number of amidine groups is 1. The molecule has 1 N–H and O–H groups in total. The van der Waals surface area contributed by atoms with Crippen LogP contribution in [0.4, 0.5) is 0 Å². The van der Waals surface area contributed by atoms with Crippen molar-refractivity contribution in [1.29, 1.82) is 0 Å². The van der Waals surface area contributed by atoms with Crippen LogP contribution in [-0.2, 0) is 21.2 Å². The molecule has 1 unspecified atom stereocenters. The summed E-state index contributed by atoms with van der Waals surface area (Å²) in [5, 5.41) is 3.02. The van der Waals surface area contributed by atoms with E-state index in [1.54, 1.807) is 18.2 Å². The van der Waals surface area contributed by atoms with E-state index in [0.29, 0.717) is 31.0 Å². The van der Waals surface area contributed by atoms with Gasteiger partial charge in [0.05, 0.1) is 5.92 Å². The van der Waals surface area contributed by atoms with Crippen LogP contribution >= 0.6 is 0 Å². The first kappa shape index (κ1) is 18.7. The minimum atomic E-state index is -3.64. The number of amides is 1. The number of nitrogens with one attached hydrogen (secondary N) is 1. The standard InChI is InChI=1S/C21H23N3O3S/c25-21(22-13-12-16-7-2-1-3-8-16)17-9-6-14-24(15-17)20-18-10-4-5-11-19(18)28(26,27)23-20/h1-5,7-8,10-11,17H,6,9,12-15H2,(H,22,25). The maximum absolute atomic E-state index is 12.6. The van der Waals surface area contributed by atoms with E-state index in [9.17, 15) is 13.2 Å². The van der Waals surface area contributed by atoms with Crippen molar-refractivity contribution in [2.24, 2.45) is 10.3 Å². The molecule has 6 nitrogen and oxygen atoms in total. The fraction of sp³-hybridized carbons (Fsp3) is 0.333. The van der Waals surface area contributed by atoms with Crippen LogP contribution in [0.2, 0.25) is 0 Å². The van der Waals surface area contributed by atoms with Gasteiger partial charge in [-0.05, 0) is 37.0 Å². The van der Waals surface area contributed by atoms with E-state index in [1.807, 2.05) is 41.3 Å². The van der Waals surface area contributed by atoms with Gasteiger partial charge in [-0.3, -0.25) is 4.79 Å². The molecule has 0 radical (unpaired) electrons. The normalized spacial score (nSPS) is 20.4. The highest BCUT2D eigenvalue weighted by Gasteiger charge is 2.35. The molecular formula is C21H23N3O3S. The summed E-state index contributed by atoms with van der Waals surface area (Å²) in [4.78, 5) is 14.8. The Bertz CT molecular complexity index is 1000. The van der Waals surface area contributed by atoms with Crippen molar-refractivity contribution in [3.8, 4) is 0 Å². The molecule has 0 bridgehead atoms. The second-order valence-corrected chi connectivity index (χ2v) is 8.77. The molecule has 0 saturated carbocycles. The number of piperidine rings is 1. The van der Waals surface area contributed by atoms with Crippen molar-refractivity contribution in [2.45, 2.75) is 24.2 Å². The lowest BCUT2D eigenvalue weighted by molar-refractivity contribution is -0.126. The Labute approximate surface area is 165 Å². The predicted molar refractivity (Wildman–Crippen MR) is 108 cm³/mol. The zero-order chi connectivity index (χ0) is 19.6. The van der Waals surface area contributed by atoms with Gasteiger partial charge in [0, 0.05) is 25.2 Å². The summed E-state index contributed by atoms with van der Waals surface area (Å²) < 4.78 is 28.6. The Morgan fingerprint density at radius 3 is 2.68 bits per heavy atom. The molecule has 7 heteroatoms. The van der Waals surface area contributed by atoms with Gasteiger partial charge in [0.2, 0.25) is 5.91 Å². The zero-order valence-corrected chi connectivity index (χ0v) is 16.4. The van der Waals surface area contributed by atoms with Gasteiger partial charge in [-0.1, -0.05) is 42.5 Å². The fourth-order valence-corrected chi connectivity index (χ4v) is 5.05. The van der Waals surface area contributed by atoms with Crippen LogP contribution in [0.5, 0.6) is 0 Å². The van der Waals surface area contributed by atoms with E-state index in [2.05, 4.69) is 9.71 Å². The van der Waals surface area contributed by atoms with Crippen LogP contribution in [0.1, 0.15) is 24.0 Å². The van der Waals surface area contributed by atoms with Crippen LogP contribution in [0.25, 0.3) is 0 Å². The number of fused-ring (bicyclic) bond motifs is 1. The van der Waals surface area contributed by atoms with Crippen molar-refractivity contribution in [1.82, 2.24) is 10.2 Å². The molecule has 0 aliphatic carbocycles. The Hall–Kier alpha value is -2.67. The molecule has 4 rings (SSSR count). The molecule has 2 aliphatic heterocycles. The second-order valence-electron chi connectivity index (χ2n) is 7.20. The monoisotopic (exact) mass is 397 g/mol. The molecule has 1 saturated heterocycles. The Morgan fingerprint density at radius 1 is 1.11 bits per heavy atom. The van der Waals surface area contributed by atoms with Gasteiger partial charge >= 0.3 is 0 Å². The molecule has 1 fully saturated rings. The molecule has 1 atom stereocenters. The summed E-state index contributed by atoms with van der Waals surface area (Å²) in [5.74, 6) is 0.329. The lowest BCUT2D eigenvalue weighted by Crippen LogP contribution is -2.45. The predicted octanol–water partition coefficient (Wildman–Crippen LogP) is 2.21. The van der Waals surface area contributed by atoms with E-state index < -0.39 is 10.0 Å². The Morgan fingerprint density at radius 2 is 1.86 bits per heavy atom. The van der Waals surface area contributed by atoms with E-state index in [4.69, 9.17) is 0 Å². The number of likely N-dealkylation sites (tertiary alicyclic amines) is 1. The third-order valence-electron chi connectivity index (χ3n) is 5.26. The van der Waals surface area contributed by atoms with Crippen LogP contribution in [0.3, 0.4) is 0 Å². The summed E-state index contributed by atoms with van der Waals surface area (Å²) in [6.07, 6.45) is 2.43. The van der Waals surface area contributed by atoms with Gasteiger partial charge in [0.25, 0.3) is 10.0 Å². The SMILES string of the molecule is O=C(NCCc1ccccc1)C1CCCN(C2=NS(=O)(=O)c3ccccc32)C1. The fourth-order valence-electron chi connectivity index (χ4n) is 3.82. The molecule has 2 aromatic carbocycles. The topological polar surface area (TPSA) is 78.8 Å². The number of carbonyl (C=O) groups excluding carboxylic acids is 1. The summed E-state index contributed by atoms with van der Waals surface area (Å²) in [6, 6.07) is 16.9. The van der Waals surface area contributed by atoms with Gasteiger partial charge in [-0.2, -0.15) is 8.42 Å². The molecule has 0 spiro atoms. The van der Waals surface area contributed by atoms with Crippen molar-refractivity contribution in [3.05, 3.63) is 65.7 Å². The number of nitrogens with zero attached hydrogens (tertiary/aromatic N) is 2. The maximum atomic E-state index is 12.6. The zero-order valence-electron chi connectivity index (χ0n) is 15.5. The number of sulfonamides is 1. The molecule has 2 heterocycles. The molecule has 1 amide bonds. The van der Waals surface area contributed by atoms with Crippen molar-refractivity contribution in [3.63, 3.8) is 0 Å².